The minimum absolute atomic E-state index is 0.422. The summed E-state index contributed by atoms with van der Waals surface area (Å²) in [5.41, 5.74) is 2.18. The van der Waals surface area contributed by atoms with Crippen LogP contribution in [0.25, 0.3) is 0 Å². The van der Waals surface area contributed by atoms with Crippen LogP contribution in [0.15, 0.2) is 18.2 Å². The Morgan fingerprint density at radius 3 is 3.12 bits per heavy atom. The molecule has 0 saturated carbocycles. The smallest absolute Gasteiger partial charge is 0.128 e. The third kappa shape index (κ3) is 2.17. The monoisotopic (exact) mass is 234 g/mol. The molecular weight excluding hydrogens is 216 g/mol. The van der Waals surface area contributed by atoms with Gasteiger partial charge in [0.05, 0.1) is 12.7 Å². The van der Waals surface area contributed by atoms with Gasteiger partial charge in [0.15, 0.2) is 0 Å². The molecule has 3 heteroatoms. The summed E-state index contributed by atoms with van der Waals surface area (Å²) < 4.78 is 11.0. The Morgan fingerprint density at radius 1 is 1.35 bits per heavy atom. The molecular formula is C14H18O3. The first-order valence-corrected chi connectivity index (χ1v) is 6.35. The Labute approximate surface area is 101 Å². The highest BCUT2D eigenvalue weighted by molar-refractivity contribution is 5.45. The van der Waals surface area contributed by atoms with E-state index in [-0.39, 0.29) is 0 Å². The molecule has 0 bridgehead atoms. The summed E-state index contributed by atoms with van der Waals surface area (Å²) in [7, 11) is 0. The number of hydrogen-bond donors (Lipinski definition) is 1. The largest absolute Gasteiger partial charge is 0.493 e. The molecule has 1 N–H and O–H groups in total. The van der Waals surface area contributed by atoms with Gasteiger partial charge in [0, 0.05) is 25.2 Å². The van der Waals surface area contributed by atoms with E-state index in [0.717, 1.165) is 50.4 Å². The highest BCUT2D eigenvalue weighted by Crippen LogP contribution is 2.36. The number of hydrogen-bond acceptors (Lipinski definition) is 3. The molecule has 1 fully saturated rings. The average Bonchev–Trinajstić information content (AvgIpc) is 2.97. The van der Waals surface area contributed by atoms with Crippen molar-refractivity contribution in [2.24, 2.45) is 5.92 Å². The van der Waals surface area contributed by atoms with Gasteiger partial charge in [0.2, 0.25) is 0 Å². The summed E-state index contributed by atoms with van der Waals surface area (Å²) >= 11 is 0. The predicted molar refractivity (Wildman–Crippen MR) is 64.1 cm³/mol. The minimum atomic E-state index is -0.422. The van der Waals surface area contributed by atoms with Gasteiger partial charge in [-0.25, -0.2) is 0 Å². The van der Waals surface area contributed by atoms with Gasteiger partial charge >= 0.3 is 0 Å². The van der Waals surface area contributed by atoms with Crippen LogP contribution in [-0.2, 0) is 11.2 Å². The summed E-state index contributed by atoms with van der Waals surface area (Å²) in [6.45, 7) is 2.36. The first-order valence-electron chi connectivity index (χ1n) is 6.35. The Hall–Kier alpha value is -1.06. The molecule has 0 aromatic heterocycles. The third-order valence-corrected chi connectivity index (χ3v) is 3.68. The second kappa shape index (κ2) is 4.67. The molecule has 17 heavy (non-hydrogen) atoms. The van der Waals surface area contributed by atoms with E-state index in [1.807, 2.05) is 12.1 Å². The summed E-state index contributed by atoms with van der Waals surface area (Å²) in [5, 5.41) is 10.3. The van der Waals surface area contributed by atoms with Crippen molar-refractivity contribution in [2.75, 3.05) is 19.8 Å². The van der Waals surface area contributed by atoms with Crippen LogP contribution in [0.4, 0.5) is 0 Å². The molecule has 3 rings (SSSR count). The van der Waals surface area contributed by atoms with Crippen molar-refractivity contribution in [2.45, 2.75) is 25.4 Å². The quantitative estimate of drug-likeness (QED) is 0.870. The molecule has 0 spiro atoms. The number of rotatable bonds is 3. The second-order valence-electron chi connectivity index (χ2n) is 4.92. The molecule has 0 radical (unpaired) electrons. The normalized spacial score (nSPS) is 24.4. The van der Waals surface area contributed by atoms with Gasteiger partial charge in [-0.1, -0.05) is 18.2 Å². The zero-order valence-electron chi connectivity index (χ0n) is 9.89. The molecule has 0 aliphatic carbocycles. The van der Waals surface area contributed by atoms with Gasteiger partial charge < -0.3 is 14.6 Å². The average molecular weight is 234 g/mol. The van der Waals surface area contributed by atoms with E-state index < -0.39 is 6.10 Å². The fourth-order valence-corrected chi connectivity index (χ4v) is 2.71. The summed E-state index contributed by atoms with van der Waals surface area (Å²) in [4.78, 5) is 0. The van der Waals surface area contributed by atoms with Crippen molar-refractivity contribution in [1.82, 2.24) is 0 Å². The Bertz CT molecular complexity index is 396. The number of benzene rings is 1. The van der Waals surface area contributed by atoms with Crippen LogP contribution < -0.4 is 4.74 Å². The van der Waals surface area contributed by atoms with E-state index in [9.17, 15) is 5.11 Å². The van der Waals surface area contributed by atoms with Gasteiger partial charge in [-0.15, -0.1) is 0 Å². The van der Waals surface area contributed by atoms with Crippen molar-refractivity contribution in [3.8, 4) is 5.75 Å². The fraction of sp³-hybridized carbons (Fsp3) is 0.571. The summed E-state index contributed by atoms with van der Waals surface area (Å²) in [6, 6.07) is 6.07. The molecule has 0 amide bonds. The highest BCUT2D eigenvalue weighted by atomic mass is 16.5. The SMILES string of the molecule is OC(CC1CCOC1)c1cccc2c1OCC2. The zero-order chi connectivity index (χ0) is 11.7. The van der Waals surface area contributed by atoms with Crippen LogP contribution >= 0.6 is 0 Å². The van der Waals surface area contributed by atoms with E-state index in [2.05, 4.69) is 6.07 Å². The molecule has 2 atom stereocenters. The van der Waals surface area contributed by atoms with E-state index in [1.165, 1.54) is 5.56 Å². The first-order chi connectivity index (χ1) is 8.34. The Kier molecular flexibility index (Phi) is 3.04. The van der Waals surface area contributed by atoms with Crippen LogP contribution in [-0.4, -0.2) is 24.9 Å². The standard InChI is InChI=1S/C14H18O3/c15-13(8-10-4-6-16-9-10)12-3-1-2-11-5-7-17-14(11)12/h1-3,10,13,15H,4-9H2. The lowest BCUT2D eigenvalue weighted by molar-refractivity contribution is 0.127. The number of ether oxygens (including phenoxy) is 2. The molecule has 2 unspecified atom stereocenters. The lowest BCUT2D eigenvalue weighted by atomic mass is 9.94. The van der Waals surface area contributed by atoms with Crippen LogP contribution in [0, 0.1) is 5.92 Å². The maximum Gasteiger partial charge on any atom is 0.128 e. The van der Waals surface area contributed by atoms with Crippen molar-refractivity contribution >= 4 is 0 Å². The lowest BCUT2D eigenvalue weighted by Gasteiger charge is -2.17. The van der Waals surface area contributed by atoms with Gasteiger partial charge in [0.1, 0.15) is 5.75 Å². The minimum Gasteiger partial charge on any atom is -0.493 e. The van der Waals surface area contributed by atoms with Crippen LogP contribution in [0.5, 0.6) is 5.75 Å². The Balaban J connectivity index is 1.76. The summed E-state index contributed by atoms with van der Waals surface area (Å²) in [6.07, 6.45) is 2.38. The zero-order valence-corrected chi connectivity index (χ0v) is 9.89. The molecule has 2 heterocycles. The maximum atomic E-state index is 10.3. The van der Waals surface area contributed by atoms with Crippen molar-refractivity contribution in [3.05, 3.63) is 29.3 Å². The number of aliphatic hydroxyl groups excluding tert-OH is 1. The molecule has 2 aliphatic rings. The van der Waals surface area contributed by atoms with Gasteiger partial charge in [-0.05, 0) is 24.3 Å². The number of para-hydroxylation sites is 1. The van der Waals surface area contributed by atoms with Gasteiger partial charge in [-0.2, -0.15) is 0 Å². The Morgan fingerprint density at radius 2 is 2.29 bits per heavy atom. The summed E-state index contributed by atoms with van der Waals surface area (Å²) in [5.74, 6) is 1.40. The predicted octanol–water partition coefficient (Wildman–Crippen LogP) is 2.08. The van der Waals surface area contributed by atoms with Gasteiger partial charge in [-0.3, -0.25) is 0 Å². The highest BCUT2D eigenvalue weighted by Gasteiger charge is 2.25. The second-order valence-corrected chi connectivity index (χ2v) is 4.92. The van der Waals surface area contributed by atoms with Crippen LogP contribution in [0.1, 0.15) is 30.1 Å². The molecule has 92 valence electrons. The van der Waals surface area contributed by atoms with E-state index >= 15 is 0 Å². The molecule has 1 saturated heterocycles. The molecule has 1 aromatic carbocycles. The molecule has 2 aliphatic heterocycles. The van der Waals surface area contributed by atoms with Crippen molar-refractivity contribution < 1.29 is 14.6 Å². The number of aliphatic hydroxyl groups is 1. The van der Waals surface area contributed by atoms with E-state index in [1.54, 1.807) is 0 Å². The number of fused-ring (bicyclic) bond motifs is 1. The van der Waals surface area contributed by atoms with Crippen molar-refractivity contribution in [3.63, 3.8) is 0 Å². The topological polar surface area (TPSA) is 38.7 Å². The molecule has 3 nitrogen and oxygen atoms in total. The van der Waals surface area contributed by atoms with Gasteiger partial charge in [0.25, 0.3) is 0 Å². The van der Waals surface area contributed by atoms with Crippen molar-refractivity contribution in [1.29, 1.82) is 0 Å². The first kappa shape index (κ1) is 11.1. The lowest BCUT2D eigenvalue weighted by Crippen LogP contribution is -2.08. The third-order valence-electron chi connectivity index (χ3n) is 3.68. The van der Waals surface area contributed by atoms with Crippen LogP contribution in [0.2, 0.25) is 0 Å². The van der Waals surface area contributed by atoms with E-state index in [4.69, 9.17) is 9.47 Å². The van der Waals surface area contributed by atoms with Crippen LogP contribution in [0.3, 0.4) is 0 Å². The fourth-order valence-electron chi connectivity index (χ4n) is 2.71. The maximum absolute atomic E-state index is 10.3. The van der Waals surface area contributed by atoms with E-state index in [0.29, 0.717) is 5.92 Å². The molecule has 1 aromatic rings.